The molecule has 0 radical (unpaired) electrons. The monoisotopic (exact) mass is 356 g/mol. The van der Waals surface area contributed by atoms with Crippen LogP contribution in [0, 0.1) is 0 Å². The van der Waals surface area contributed by atoms with Crippen LogP contribution in [0.1, 0.15) is 22.6 Å². The fraction of sp³-hybridized carbons (Fsp3) is 0.0833. The third-order valence-corrected chi connectivity index (χ3v) is 5.68. The smallest absolute Gasteiger partial charge is 0.118 e. The molecule has 0 amide bonds. The van der Waals surface area contributed by atoms with Crippen LogP contribution >= 0.6 is 11.8 Å². The maximum Gasteiger partial charge on any atom is 0.118 e. The van der Waals surface area contributed by atoms with Crippen molar-refractivity contribution in [2.75, 3.05) is 7.11 Å². The molecule has 0 N–H and O–H groups in total. The Morgan fingerprint density at radius 3 is 1.62 bits per heavy atom. The topological polar surface area (TPSA) is 9.23 Å². The zero-order valence-electron chi connectivity index (χ0n) is 14.6. The number of thioether (sulfide) groups is 1. The van der Waals surface area contributed by atoms with Crippen LogP contribution in [0.4, 0.5) is 0 Å². The van der Waals surface area contributed by atoms with Crippen LogP contribution in [0.5, 0.6) is 5.75 Å². The van der Waals surface area contributed by atoms with Crippen LogP contribution in [-0.4, -0.2) is 7.11 Å². The lowest BCUT2D eigenvalue weighted by atomic mass is 9.95. The highest BCUT2D eigenvalue weighted by molar-refractivity contribution is 8.16. The second-order valence-corrected chi connectivity index (χ2v) is 7.28. The largest absolute Gasteiger partial charge is 0.497 e. The minimum Gasteiger partial charge on any atom is -0.497 e. The van der Waals surface area contributed by atoms with Crippen molar-refractivity contribution in [1.29, 1.82) is 0 Å². The van der Waals surface area contributed by atoms with Gasteiger partial charge in [-0.05, 0) is 28.8 Å². The van der Waals surface area contributed by atoms with Crippen LogP contribution in [-0.2, 0) is 0 Å². The molecule has 0 bridgehead atoms. The molecular formula is C24H20OS. The highest BCUT2D eigenvalue weighted by Gasteiger charge is 2.19. The molecule has 26 heavy (non-hydrogen) atoms. The van der Waals surface area contributed by atoms with Gasteiger partial charge in [-0.2, -0.15) is 0 Å². The standard InChI is InChI=1S/C24H20OS/c1-25-22-14-12-18(13-15-22)21-16-23(19-8-4-2-5-9-19)26-24(17-21)20-10-6-3-7-11-20/h2-17,21H,1H3. The van der Waals surface area contributed by atoms with E-state index in [0.29, 0.717) is 0 Å². The molecule has 3 aromatic carbocycles. The van der Waals surface area contributed by atoms with E-state index in [9.17, 15) is 0 Å². The van der Waals surface area contributed by atoms with Gasteiger partial charge in [0.05, 0.1) is 7.11 Å². The second kappa shape index (κ2) is 7.67. The summed E-state index contributed by atoms with van der Waals surface area (Å²) in [4.78, 5) is 2.60. The third-order valence-electron chi connectivity index (χ3n) is 4.50. The molecule has 3 aromatic rings. The molecule has 0 unspecified atom stereocenters. The van der Waals surface area contributed by atoms with Crippen molar-refractivity contribution in [1.82, 2.24) is 0 Å². The van der Waals surface area contributed by atoms with E-state index in [1.165, 1.54) is 26.5 Å². The molecule has 1 heterocycles. The van der Waals surface area contributed by atoms with Gasteiger partial charge in [0.25, 0.3) is 0 Å². The first kappa shape index (κ1) is 16.7. The van der Waals surface area contributed by atoms with E-state index in [2.05, 4.69) is 84.9 Å². The van der Waals surface area contributed by atoms with Gasteiger partial charge in [0.2, 0.25) is 0 Å². The maximum atomic E-state index is 5.30. The van der Waals surface area contributed by atoms with Gasteiger partial charge < -0.3 is 4.74 Å². The first-order valence-electron chi connectivity index (χ1n) is 8.70. The minimum atomic E-state index is 0.243. The molecule has 0 atom stereocenters. The van der Waals surface area contributed by atoms with Gasteiger partial charge in [-0.1, -0.05) is 96.7 Å². The molecule has 4 rings (SSSR count). The lowest BCUT2D eigenvalue weighted by molar-refractivity contribution is 0.414. The number of rotatable bonds is 4. The van der Waals surface area contributed by atoms with E-state index in [4.69, 9.17) is 4.74 Å². The van der Waals surface area contributed by atoms with Gasteiger partial charge >= 0.3 is 0 Å². The summed E-state index contributed by atoms with van der Waals surface area (Å²) >= 11 is 1.84. The number of allylic oxidation sites excluding steroid dienone is 2. The fourth-order valence-electron chi connectivity index (χ4n) is 3.09. The molecular weight excluding hydrogens is 336 g/mol. The second-order valence-electron chi connectivity index (χ2n) is 6.19. The van der Waals surface area contributed by atoms with Crippen molar-refractivity contribution < 1.29 is 4.74 Å². The predicted octanol–water partition coefficient (Wildman–Crippen LogP) is 6.61. The summed E-state index contributed by atoms with van der Waals surface area (Å²) in [5, 5.41) is 0. The quantitative estimate of drug-likeness (QED) is 0.520. The SMILES string of the molecule is COc1ccc(C2C=C(c3ccccc3)SC(c3ccccc3)=C2)cc1. The molecule has 0 fully saturated rings. The van der Waals surface area contributed by atoms with Gasteiger partial charge in [-0.15, -0.1) is 0 Å². The minimum absolute atomic E-state index is 0.243. The van der Waals surface area contributed by atoms with Crippen LogP contribution in [0.2, 0.25) is 0 Å². The predicted molar refractivity (Wildman–Crippen MR) is 112 cm³/mol. The van der Waals surface area contributed by atoms with E-state index >= 15 is 0 Å². The first-order chi connectivity index (χ1) is 12.8. The average Bonchev–Trinajstić information content (AvgIpc) is 2.75. The van der Waals surface area contributed by atoms with Gasteiger partial charge in [0.1, 0.15) is 5.75 Å². The van der Waals surface area contributed by atoms with Gasteiger partial charge in [-0.3, -0.25) is 0 Å². The van der Waals surface area contributed by atoms with Crippen LogP contribution < -0.4 is 4.74 Å². The molecule has 0 spiro atoms. The molecule has 1 aliphatic rings. The summed E-state index contributed by atoms with van der Waals surface area (Å²) in [6.45, 7) is 0. The number of benzene rings is 3. The van der Waals surface area contributed by atoms with Crippen molar-refractivity contribution in [2.45, 2.75) is 5.92 Å². The Morgan fingerprint density at radius 2 is 1.15 bits per heavy atom. The van der Waals surface area contributed by atoms with Crippen molar-refractivity contribution in [3.05, 3.63) is 114 Å². The first-order valence-corrected chi connectivity index (χ1v) is 9.51. The van der Waals surface area contributed by atoms with Crippen LogP contribution in [0.3, 0.4) is 0 Å². The number of methoxy groups -OCH3 is 1. The molecule has 1 nitrogen and oxygen atoms in total. The Kier molecular flexibility index (Phi) is 4.94. The molecule has 0 saturated carbocycles. The zero-order valence-corrected chi connectivity index (χ0v) is 15.4. The highest BCUT2D eigenvalue weighted by atomic mass is 32.2. The maximum absolute atomic E-state index is 5.30. The van der Waals surface area contributed by atoms with Crippen molar-refractivity contribution >= 4 is 21.6 Å². The summed E-state index contributed by atoms with van der Waals surface area (Å²) in [5.74, 6) is 1.13. The van der Waals surface area contributed by atoms with Crippen molar-refractivity contribution in [3.63, 3.8) is 0 Å². The Labute approximate surface area is 159 Å². The lowest BCUT2D eigenvalue weighted by Gasteiger charge is -2.22. The van der Waals surface area contributed by atoms with E-state index < -0.39 is 0 Å². The summed E-state index contributed by atoms with van der Waals surface area (Å²) < 4.78 is 5.30. The molecule has 1 aliphatic heterocycles. The van der Waals surface area contributed by atoms with E-state index in [-0.39, 0.29) is 5.92 Å². The van der Waals surface area contributed by atoms with Gasteiger partial charge in [0.15, 0.2) is 0 Å². The lowest BCUT2D eigenvalue weighted by Crippen LogP contribution is -1.99. The molecule has 0 aromatic heterocycles. The normalized spacial score (nSPS) is 14.5. The van der Waals surface area contributed by atoms with Crippen molar-refractivity contribution in [3.8, 4) is 5.75 Å². The van der Waals surface area contributed by atoms with Crippen LogP contribution in [0.15, 0.2) is 97.1 Å². The number of hydrogen-bond donors (Lipinski definition) is 0. The molecule has 0 aliphatic carbocycles. The molecule has 2 heteroatoms. The average molecular weight is 356 g/mol. The Morgan fingerprint density at radius 1 is 0.654 bits per heavy atom. The third kappa shape index (κ3) is 3.61. The molecule has 0 saturated heterocycles. The van der Waals surface area contributed by atoms with E-state index in [0.717, 1.165) is 5.75 Å². The Hall–Kier alpha value is -2.71. The van der Waals surface area contributed by atoms with E-state index in [1.807, 2.05) is 23.9 Å². The Balaban J connectivity index is 1.75. The summed E-state index contributed by atoms with van der Waals surface area (Å²) in [7, 11) is 1.70. The Bertz CT molecular complexity index is 869. The van der Waals surface area contributed by atoms with E-state index in [1.54, 1.807) is 7.11 Å². The van der Waals surface area contributed by atoms with Gasteiger partial charge in [-0.25, -0.2) is 0 Å². The zero-order chi connectivity index (χ0) is 17.8. The highest BCUT2D eigenvalue weighted by Crippen LogP contribution is 2.46. The summed E-state index contributed by atoms with van der Waals surface area (Å²) in [5.41, 5.74) is 3.79. The van der Waals surface area contributed by atoms with Crippen LogP contribution in [0.25, 0.3) is 9.81 Å². The molecule has 128 valence electrons. The number of hydrogen-bond acceptors (Lipinski definition) is 2. The van der Waals surface area contributed by atoms with Crippen molar-refractivity contribution in [2.24, 2.45) is 0 Å². The summed E-state index contributed by atoms with van der Waals surface area (Å²) in [6.07, 6.45) is 4.71. The number of ether oxygens (including phenoxy) is 1. The fourth-order valence-corrected chi connectivity index (χ4v) is 4.27. The summed E-state index contributed by atoms with van der Waals surface area (Å²) in [6, 6.07) is 29.6. The van der Waals surface area contributed by atoms with Gasteiger partial charge in [0, 0.05) is 15.7 Å².